The molecule has 4 rings (SSSR count). The van der Waals surface area contributed by atoms with Gasteiger partial charge in [0.15, 0.2) is 0 Å². The van der Waals surface area contributed by atoms with Crippen LogP contribution in [0.25, 0.3) is 0 Å². The van der Waals surface area contributed by atoms with Gasteiger partial charge in [-0.25, -0.2) is 17.7 Å². The Bertz CT molecular complexity index is 1330. The number of anilines is 3. The van der Waals surface area contributed by atoms with E-state index in [1.807, 2.05) is 19.1 Å². The first kappa shape index (κ1) is 21.7. The average molecular weight is 464 g/mol. The molecule has 6 nitrogen and oxygen atoms in total. The summed E-state index contributed by atoms with van der Waals surface area (Å²) in [6.45, 7) is 3.64. The van der Waals surface area contributed by atoms with E-state index in [1.165, 1.54) is 4.31 Å². The summed E-state index contributed by atoms with van der Waals surface area (Å²) in [6.07, 6.45) is 0. The molecule has 0 radical (unpaired) electrons. The molecule has 0 unspecified atom stereocenters. The Morgan fingerprint density at radius 2 is 1.47 bits per heavy atom. The second-order valence-corrected chi connectivity index (χ2v) is 9.91. The van der Waals surface area contributed by atoms with Gasteiger partial charge in [0.05, 0.1) is 16.3 Å². The van der Waals surface area contributed by atoms with E-state index in [0.29, 0.717) is 21.9 Å². The van der Waals surface area contributed by atoms with Crippen molar-refractivity contribution in [2.24, 2.45) is 0 Å². The van der Waals surface area contributed by atoms with Crippen molar-refractivity contribution in [3.63, 3.8) is 0 Å². The van der Waals surface area contributed by atoms with Gasteiger partial charge in [0, 0.05) is 5.56 Å². The number of thiazole rings is 1. The van der Waals surface area contributed by atoms with Crippen molar-refractivity contribution in [3.05, 3.63) is 102 Å². The number of sulfonamides is 1. The molecule has 8 heteroatoms. The van der Waals surface area contributed by atoms with Crippen LogP contribution in [0, 0.1) is 13.8 Å². The molecule has 0 fully saturated rings. The van der Waals surface area contributed by atoms with Crippen molar-refractivity contribution in [1.29, 1.82) is 0 Å². The number of para-hydroxylation sites is 1. The number of amides is 1. The number of hydrogen-bond acceptors (Lipinski definition) is 5. The smallest absolute Gasteiger partial charge is 0.270 e. The van der Waals surface area contributed by atoms with Crippen LogP contribution in [0.1, 0.15) is 21.6 Å². The van der Waals surface area contributed by atoms with E-state index < -0.39 is 10.0 Å². The van der Waals surface area contributed by atoms with Crippen LogP contribution in [-0.2, 0) is 10.0 Å². The molecular formula is C24H21N3O3S2. The Kier molecular flexibility index (Phi) is 6.07. The minimum absolute atomic E-state index is 0.162. The summed E-state index contributed by atoms with van der Waals surface area (Å²) < 4.78 is 28.4. The number of rotatable bonds is 6. The zero-order valence-electron chi connectivity index (χ0n) is 17.5. The zero-order chi connectivity index (χ0) is 22.7. The SMILES string of the molecule is Cc1ccc(S(=O)(=O)N(c2ccccc2)c2nc(C)c(NC(=O)c3ccccc3)s2)cc1. The van der Waals surface area contributed by atoms with Gasteiger partial charge >= 0.3 is 0 Å². The Hall–Kier alpha value is -3.49. The maximum atomic E-state index is 13.6. The lowest BCUT2D eigenvalue weighted by molar-refractivity contribution is 0.102. The molecule has 1 heterocycles. The molecule has 1 N–H and O–H groups in total. The van der Waals surface area contributed by atoms with Crippen molar-refractivity contribution in [2.45, 2.75) is 18.7 Å². The molecule has 0 aliphatic carbocycles. The molecule has 0 aliphatic rings. The molecule has 0 bridgehead atoms. The fourth-order valence-corrected chi connectivity index (χ4v) is 5.71. The highest BCUT2D eigenvalue weighted by Crippen LogP contribution is 2.38. The number of carbonyl (C=O) groups excluding carboxylic acids is 1. The summed E-state index contributed by atoms with van der Waals surface area (Å²) in [7, 11) is -3.94. The fraction of sp³-hybridized carbons (Fsp3) is 0.0833. The Labute approximate surface area is 191 Å². The molecule has 0 spiro atoms. The lowest BCUT2D eigenvalue weighted by Gasteiger charge is -2.21. The first-order valence-corrected chi connectivity index (χ1v) is 12.1. The number of aryl methyl sites for hydroxylation is 2. The number of aromatic nitrogens is 1. The Morgan fingerprint density at radius 3 is 2.09 bits per heavy atom. The van der Waals surface area contributed by atoms with Crippen LogP contribution < -0.4 is 9.62 Å². The molecular weight excluding hydrogens is 442 g/mol. The van der Waals surface area contributed by atoms with Crippen LogP contribution in [0.15, 0.2) is 89.8 Å². The highest BCUT2D eigenvalue weighted by Gasteiger charge is 2.30. The monoisotopic (exact) mass is 463 g/mol. The van der Waals surface area contributed by atoms with Gasteiger partial charge in [-0.1, -0.05) is 65.4 Å². The highest BCUT2D eigenvalue weighted by molar-refractivity contribution is 7.93. The predicted octanol–water partition coefficient (Wildman–Crippen LogP) is 5.54. The van der Waals surface area contributed by atoms with Crippen LogP contribution in [0.2, 0.25) is 0 Å². The van der Waals surface area contributed by atoms with E-state index >= 15 is 0 Å². The maximum Gasteiger partial charge on any atom is 0.270 e. The summed E-state index contributed by atoms with van der Waals surface area (Å²) in [5.74, 6) is -0.281. The van der Waals surface area contributed by atoms with Gasteiger partial charge in [-0.15, -0.1) is 0 Å². The van der Waals surface area contributed by atoms with Crippen LogP contribution in [-0.4, -0.2) is 19.3 Å². The minimum Gasteiger partial charge on any atom is -0.312 e. The number of nitrogens with one attached hydrogen (secondary N) is 1. The third-order valence-electron chi connectivity index (χ3n) is 4.77. The third kappa shape index (κ3) is 4.42. The number of hydrogen-bond donors (Lipinski definition) is 1. The Balaban J connectivity index is 1.75. The maximum absolute atomic E-state index is 13.6. The van der Waals surface area contributed by atoms with Crippen LogP contribution in [0.3, 0.4) is 0 Å². The highest BCUT2D eigenvalue weighted by atomic mass is 32.2. The van der Waals surface area contributed by atoms with E-state index in [0.717, 1.165) is 16.9 Å². The lowest BCUT2D eigenvalue weighted by Crippen LogP contribution is -2.26. The second-order valence-electron chi connectivity index (χ2n) is 7.15. The first-order valence-electron chi connectivity index (χ1n) is 9.87. The number of nitrogens with zero attached hydrogens (tertiary/aromatic N) is 2. The standard InChI is InChI=1S/C24H21N3O3S2/c1-17-13-15-21(16-14-17)32(29,30)27(20-11-7-4-8-12-20)24-25-18(2)23(31-24)26-22(28)19-9-5-3-6-10-19/h3-16H,1-2H3,(H,26,28). The van der Waals surface area contributed by atoms with Crippen LogP contribution in [0.5, 0.6) is 0 Å². The van der Waals surface area contributed by atoms with Crippen molar-refractivity contribution >= 4 is 43.1 Å². The third-order valence-corrected chi connectivity index (χ3v) is 7.68. The zero-order valence-corrected chi connectivity index (χ0v) is 19.2. The summed E-state index contributed by atoms with van der Waals surface area (Å²) in [4.78, 5) is 17.3. The van der Waals surface area contributed by atoms with E-state index in [-0.39, 0.29) is 15.9 Å². The van der Waals surface area contributed by atoms with Crippen molar-refractivity contribution in [1.82, 2.24) is 4.98 Å². The summed E-state index contributed by atoms with van der Waals surface area (Å²) in [6, 6.07) is 24.3. The molecule has 3 aromatic carbocycles. The Morgan fingerprint density at radius 1 is 0.875 bits per heavy atom. The number of benzene rings is 3. The molecule has 0 atom stereocenters. The molecule has 1 amide bonds. The quantitative estimate of drug-likeness (QED) is 0.407. The lowest BCUT2D eigenvalue weighted by atomic mass is 10.2. The van der Waals surface area contributed by atoms with Gasteiger partial charge in [0.1, 0.15) is 5.00 Å². The minimum atomic E-state index is -3.94. The molecule has 1 aromatic heterocycles. The van der Waals surface area contributed by atoms with Crippen LogP contribution in [0.4, 0.5) is 15.8 Å². The molecule has 162 valence electrons. The van der Waals surface area contributed by atoms with Crippen molar-refractivity contribution in [2.75, 3.05) is 9.62 Å². The fourth-order valence-electron chi connectivity index (χ4n) is 3.08. The summed E-state index contributed by atoms with van der Waals surface area (Å²) >= 11 is 1.11. The van der Waals surface area contributed by atoms with Gasteiger partial charge < -0.3 is 5.32 Å². The molecule has 4 aromatic rings. The predicted molar refractivity (Wildman–Crippen MR) is 128 cm³/mol. The number of carbonyl (C=O) groups is 1. The van der Waals surface area contributed by atoms with Crippen molar-refractivity contribution in [3.8, 4) is 0 Å². The second kappa shape index (κ2) is 8.94. The van der Waals surface area contributed by atoms with E-state index in [1.54, 1.807) is 79.7 Å². The first-order chi connectivity index (χ1) is 15.4. The van der Waals surface area contributed by atoms with Gasteiger partial charge in [-0.2, -0.15) is 0 Å². The summed E-state index contributed by atoms with van der Waals surface area (Å²) in [5, 5.41) is 3.59. The van der Waals surface area contributed by atoms with Crippen LogP contribution >= 0.6 is 11.3 Å². The molecule has 0 aliphatic heterocycles. The molecule has 0 saturated heterocycles. The largest absolute Gasteiger partial charge is 0.312 e. The van der Waals surface area contributed by atoms with Gasteiger partial charge in [-0.3, -0.25) is 4.79 Å². The van der Waals surface area contributed by atoms with E-state index in [2.05, 4.69) is 10.3 Å². The average Bonchev–Trinajstić information content (AvgIpc) is 3.14. The summed E-state index contributed by atoms with van der Waals surface area (Å²) in [5.41, 5.74) is 2.47. The van der Waals surface area contributed by atoms with Gasteiger partial charge in [0.25, 0.3) is 15.9 Å². The molecule has 0 saturated carbocycles. The normalized spacial score (nSPS) is 11.2. The van der Waals surface area contributed by atoms with E-state index in [9.17, 15) is 13.2 Å². The van der Waals surface area contributed by atoms with Crippen molar-refractivity contribution < 1.29 is 13.2 Å². The van der Waals surface area contributed by atoms with Gasteiger partial charge in [-0.05, 0) is 50.2 Å². The van der Waals surface area contributed by atoms with E-state index in [4.69, 9.17) is 0 Å². The topological polar surface area (TPSA) is 79.4 Å². The molecule has 32 heavy (non-hydrogen) atoms. The van der Waals surface area contributed by atoms with Gasteiger partial charge in [0.2, 0.25) is 5.13 Å².